The largest absolute Gasteiger partial charge is 0.299 e. The molecular weight excluding hydrogens is 296 g/mol. The summed E-state index contributed by atoms with van der Waals surface area (Å²) in [5.41, 5.74) is 6.86. The van der Waals surface area contributed by atoms with Gasteiger partial charge in [-0.25, -0.2) is 15.0 Å². The van der Waals surface area contributed by atoms with E-state index in [1.807, 2.05) is 30.7 Å². The summed E-state index contributed by atoms with van der Waals surface area (Å²) >= 11 is 0. The number of rotatable bonds is 2. The van der Waals surface area contributed by atoms with Crippen molar-refractivity contribution in [3.8, 4) is 17.1 Å². The second kappa shape index (κ2) is 5.57. The van der Waals surface area contributed by atoms with Gasteiger partial charge >= 0.3 is 0 Å². The van der Waals surface area contributed by atoms with Crippen molar-refractivity contribution in [1.29, 1.82) is 0 Å². The van der Waals surface area contributed by atoms with E-state index in [4.69, 9.17) is 0 Å². The van der Waals surface area contributed by atoms with Crippen molar-refractivity contribution in [3.63, 3.8) is 0 Å². The second-order valence-electron chi connectivity index (χ2n) is 6.13. The van der Waals surface area contributed by atoms with E-state index < -0.39 is 0 Å². The summed E-state index contributed by atoms with van der Waals surface area (Å²) in [7, 11) is 0. The maximum atomic E-state index is 4.62. The molecule has 0 unspecified atom stereocenters. The zero-order chi connectivity index (χ0) is 16.7. The van der Waals surface area contributed by atoms with E-state index in [9.17, 15) is 0 Å². The molecule has 0 spiro atoms. The van der Waals surface area contributed by atoms with E-state index in [0.717, 1.165) is 22.3 Å². The number of benzene rings is 2. The first-order valence-corrected chi connectivity index (χ1v) is 7.96. The van der Waals surface area contributed by atoms with Crippen LogP contribution < -0.4 is 0 Å². The van der Waals surface area contributed by atoms with Crippen molar-refractivity contribution in [3.05, 3.63) is 71.9 Å². The fourth-order valence-corrected chi connectivity index (χ4v) is 3.43. The lowest BCUT2D eigenvalue weighted by atomic mass is 10.0. The lowest BCUT2D eigenvalue weighted by Crippen LogP contribution is -2.03. The SMILES string of the molecule is Cc1cc(C)c(-n2ccnc2-c2cccc3cncnc23)c(C)c1. The van der Waals surface area contributed by atoms with Crippen molar-refractivity contribution >= 4 is 10.9 Å². The van der Waals surface area contributed by atoms with Crippen LogP contribution in [0.15, 0.2) is 55.2 Å². The van der Waals surface area contributed by atoms with E-state index in [-0.39, 0.29) is 0 Å². The van der Waals surface area contributed by atoms with E-state index in [0.29, 0.717) is 0 Å². The van der Waals surface area contributed by atoms with Gasteiger partial charge in [-0.1, -0.05) is 29.8 Å². The van der Waals surface area contributed by atoms with Gasteiger partial charge in [0.2, 0.25) is 0 Å². The van der Waals surface area contributed by atoms with Crippen LogP contribution in [0.5, 0.6) is 0 Å². The molecule has 0 bridgehead atoms. The lowest BCUT2D eigenvalue weighted by Gasteiger charge is -2.15. The molecule has 2 aromatic heterocycles. The van der Waals surface area contributed by atoms with Crippen LogP contribution >= 0.6 is 0 Å². The molecule has 0 radical (unpaired) electrons. The van der Waals surface area contributed by atoms with E-state index in [2.05, 4.69) is 58.5 Å². The molecule has 2 heterocycles. The van der Waals surface area contributed by atoms with E-state index in [1.165, 1.54) is 22.4 Å². The molecule has 4 heteroatoms. The highest BCUT2D eigenvalue weighted by atomic mass is 15.1. The first kappa shape index (κ1) is 14.6. The first-order valence-electron chi connectivity index (χ1n) is 7.96. The van der Waals surface area contributed by atoms with Crippen LogP contribution in [0.4, 0.5) is 0 Å². The summed E-state index contributed by atoms with van der Waals surface area (Å²) in [5.74, 6) is 0.898. The van der Waals surface area contributed by atoms with Gasteiger partial charge in [0.25, 0.3) is 0 Å². The minimum Gasteiger partial charge on any atom is -0.299 e. The van der Waals surface area contributed by atoms with Crippen molar-refractivity contribution in [2.75, 3.05) is 0 Å². The Kier molecular flexibility index (Phi) is 3.38. The van der Waals surface area contributed by atoms with E-state index in [1.54, 1.807) is 6.33 Å². The van der Waals surface area contributed by atoms with Gasteiger partial charge in [-0.3, -0.25) is 4.57 Å². The number of aryl methyl sites for hydroxylation is 3. The molecule has 4 rings (SSSR count). The topological polar surface area (TPSA) is 43.6 Å². The highest BCUT2D eigenvalue weighted by molar-refractivity contribution is 5.91. The van der Waals surface area contributed by atoms with Gasteiger partial charge in [-0.2, -0.15) is 0 Å². The molecule has 118 valence electrons. The summed E-state index contributed by atoms with van der Waals surface area (Å²) in [4.78, 5) is 13.2. The Morgan fingerprint density at radius 2 is 1.75 bits per heavy atom. The number of imidazole rings is 1. The molecule has 0 aliphatic carbocycles. The molecule has 0 atom stereocenters. The quantitative estimate of drug-likeness (QED) is 0.550. The molecule has 24 heavy (non-hydrogen) atoms. The smallest absolute Gasteiger partial charge is 0.146 e. The number of nitrogens with zero attached hydrogens (tertiary/aromatic N) is 4. The Morgan fingerprint density at radius 1 is 0.958 bits per heavy atom. The van der Waals surface area contributed by atoms with Crippen LogP contribution in [0.25, 0.3) is 28.0 Å². The molecule has 0 saturated heterocycles. The molecule has 0 aliphatic rings. The fraction of sp³-hybridized carbons (Fsp3) is 0.150. The molecule has 0 fully saturated rings. The summed E-state index contributed by atoms with van der Waals surface area (Å²) in [5, 5.41) is 1.02. The normalized spacial score (nSPS) is 11.1. The second-order valence-corrected chi connectivity index (χ2v) is 6.13. The van der Waals surface area contributed by atoms with Crippen LogP contribution in [0.2, 0.25) is 0 Å². The Bertz CT molecular complexity index is 1020. The molecule has 4 nitrogen and oxygen atoms in total. The summed E-state index contributed by atoms with van der Waals surface area (Å²) < 4.78 is 2.15. The van der Waals surface area contributed by atoms with Crippen LogP contribution in [0.1, 0.15) is 16.7 Å². The number of hydrogen-bond donors (Lipinski definition) is 0. The summed E-state index contributed by atoms with van der Waals surface area (Å²) in [6.07, 6.45) is 7.27. The fourth-order valence-electron chi connectivity index (χ4n) is 3.43. The Labute approximate surface area is 140 Å². The highest BCUT2D eigenvalue weighted by Crippen LogP contribution is 2.30. The predicted octanol–water partition coefficient (Wildman–Crippen LogP) is 4.41. The van der Waals surface area contributed by atoms with E-state index >= 15 is 0 Å². The van der Waals surface area contributed by atoms with Crippen molar-refractivity contribution in [1.82, 2.24) is 19.5 Å². The van der Waals surface area contributed by atoms with Crippen LogP contribution in [0, 0.1) is 20.8 Å². The third-order valence-electron chi connectivity index (χ3n) is 4.29. The third-order valence-corrected chi connectivity index (χ3v) is 4.29. The zero-order valence-corrected chi connectivity index (χ0v) is 14.0. The Balaban J connectivity index is 1.99. The highest BCUT2D eigenvalue weighted by Gasteiger charge is 2.15. The Hall–Kier alpha value is -3.01. The first-order chi connectivity index (χ1) is 11.6. The minimum absolute atomic E-state index is 0.898. The van der Waals surface area contributed by atoms with Crippen LogP contribution in [-0.4, -0.2) is 19.5 Å². The number of hydrogen-bond acceptors (Lipinski definition) is 3. The average Bonchev–Trinajstić information content (AvgIpc) is 3.02. The molecule has 0 N–H and O–H groups in total. The molecule has 0 amide bonds. The molecular formula is C20H18N4. The Morgan fingerprint density at radius 3 is 2.54 bits per heavy atom. The predicted molar refractivity (Wildman–Crippen MR) is 96.3 cm³/mol. The summed E-state index contributed by atoms with van der Waals surface area (Å²) in [6, 6.07) is 10.5. The molecule has 4 aromatic rings. The average molecular weight is 314 g/mol. The van der Waals surface area contributed by atoms with Gasteiger partial charge in [0.1, 0.15) is 12.2 Å². The maximum absolute atomic E-state index is 4.62. The molecule has 0 aliphatic heterocycles. The lowest BCUT2D eigenvalue weighted by molar-refractivity contribution is 1.03. The molecule has 0 saturated carbocycles. The summed E-state index contributed by atoms with van der Waals surface area (Å²) in [6.45, 7) is 6.41. The third kappa shape index (κ3) is 2.27. The van der Waals surface area contributed by atoms with Crippen molar-refractivity contribution in [2.45, 2.75) is 20.8 Å². The van der Waals surface area contributed by atoms with Gasteiger partial charge in [0.15, 0.2) is 0 Å². The van der Waals surface area contributed by atoms with Gasteiger partial charge in [-0.05, 0) is 38.0 Å². The van der Waals surface area contributed by atoms with Gasteiger partial charge < -0.3 is 0 Å². The zero-order valence-electron chi connectivity index (χ0n) is 14.0. The maximum Gasteiger partial charge on any atom is 0.146 e. The van der Waals surface area contributed by atoms with Gasteiger partial charge in [-0.15, -0.1) is 0 Å². The van der Waals surface area contributed by atoms with Gasteiger partial charge in [0, 0.05) is 29.5 Å². The van der Waals surface area contributed by atoms with Crippen molar-refractivity contribution in [2.24, 2.45) is 0 Å². The number of aromatic nitrogens is 4. The molecule has 2 aromatic carbocycles. The van der Waals surface area contributed by atoms with Crippen LogP contribution in [-0.2, 0) is 0 Å². The van der Waals surface area contributed by atoms with Crippen molar-refractivity contribution < 1.29 is 0 Å². The number of para-hydroxylation sites is 1. The van der Waals surface area contributed by atoms with Gasteiger partial charge in [0.05, 0.1) is 11.2 Å². The minimum atomic E-state index is 0.898. The number of fused-ring (bicyclic) bond motifs is 1. The van der Waals surface area contributed by atoms with Crippen LogP contribution in [0.3, 0.4) is 0 Å². The standard InChI is InChI=1S/C20H18N4/c1-13-9-14(2)19(15(3)10-13)24-8-7-22-20(24)17-6-4-5-16-11-21-12-23-18(16)17/h4-12H,1-3H3. The monoisotopic (exact) mass is 314 g/mol.